The summed E-state index contributed by atoms with van der Waals surface area (Å²) in [6.07, 6.45) is 4.47. The van der Waals surface area contributed by atoms with E-state index in [0.717, 1.165) is 53.2 Å². The summed E-state index contributed by atoms with van der Waals surface area (Å²) in [5, 5.41) is 6.61. The van der Waals surface area contributed by atoms with Crippen molar-refractivity contribution in [2.24, 2.45) is 0 Å². The SMILES string of the molecule is c1ccc2nc(NCCCNc3cnc4ccccc4n3)cnc2c1. The second-order valence-electron chi connectivity index (χ2n) is 5.70. The van der Waals surface area contributed by atoms with Crippen LogP contribution in [0.4, 0.5) is 11.6 Å². The lowest BCUT2D eigenvalue weighted by molar-refractivity contribution is 0.898. The summed E-state index contributed by atoms with van der Waals surface area (Å²) in [6.45, 7) is 1.61. The molecule has 6 nitrogen and oxygen atoms in total. The normalized spacial score (nSPS) is 10.9. The van der Waals surface area contributed by atoms with Crippen molar-refractivity contribution in [1.29, 1.82) is 0 Å². The number of nitrogens with one attached hydrogen (secondary N) is 2. The molecule has 0 radical (unpaired) electrons. The summed E-state index contributed by atoms with van der Waals surface area (Å²) < 4.78 is 0. The molecule has 124 valence electrons. The smallest absolute Gasteiger partial charge is 0.145 e. The Morgan fingerprint density at radius 1 is 0.600 bits per heavy atom. The highest BCUT2D eigenvalue weighted by molar-refractivity contribution is 5.75. The summed E-state index contributed by atoms with van der Waals surface area (Å²) in [6, 6.07) is 15.7. The first kappa shape index (κ1) is 15.3. The van der Waals surface area contributed by atoms with Gasteiger partial charge in [0.15, 0.2) is 0 Å². The molecular weight excluding hydrogens is 312 g/mol. The van der Waals surface area contributed by atoms with E-state index in [2.05, 4.69) is 30.6 Å². The standard InChI is InChI=1S/C19H18N6/c1-3-8-16-14(6-1)22-12-18(24-16)20-10-5-11-21-19-13-23-15-7-2-4-9-17(15)25-19/h1-4,6-9,12-13H,5,10-11H2,(H,20,24)(H,21,25). The molecule has 2 aromatic heterocycles. The molecule has 0 aliphatic rings. The molecule has 0 atom stereocenters. The van der Waals surface area contributed by atoms with E-state index in [1.54, 1.807) is 12.4 Å². The second kappa shape index (κ2) is 7.09. The Balaban J connectivity index is 1.28. The van der Waals surface area contributed by atoms with Crippen molar-refractivity contribution in [3.05, 3.63) is 60.9 Å². The molecular formula is C19H18N6. The number of nitrogens with zero attached hydrogens (tertiary/aromatic N) is 4. The summed E-state index contributed by atoms with van der Waals surface area (Å²) in [5.41, 5.74) is 3.61. The van der Waals surface area contributed by atoms with Gasteiger partial charge in [-0.05, 0) is 30.7 Å². The molecule has 0 unspecified atom stereocenters. The van der Waals surface area contributed by atoms with Gasteiger partial charge in [-0.15, -0.1) is 0 Å². The Kier molecular flexibility index (Phi) is 4.33. The van der Waals surface area contributed by atoms with Gasteiger partial charge in [-0.3, -0.25) is 9.97 Å². The van der Waals surface area contributed by atoms with Crippen molar-refractivity contribution in [3.8, 4) is 0 Å². The minimum atomic E-state index is 0.796. The maximum atomic E-state index is 4.55. The molecule has 4 rings (SSSR count). The van der Waals surface area contributed by atoms with Crippen molar-refractivity contribution in [3.63, 3.8) is 0 Å². The Morgan fingerprint density at radius 2 is 1.04 bits per heavy atom. The summed E-state index contributed by atoms with van der Waals surface area (Å²) in [7, 11) is 0. The third-order valence-electron chi connectivity index (χ3n) is 3.86. The van der Waals surface area contributed by atoms with E-state index in [9.17, 15) is 0 Å². The average molecular weight is 330 g/mol. The first-order valence-electron chi connectivity index (χ1n) is 8.30. The monoisotopic (exact) mass is 330 g/mol. The summed E-state index contributed by atoms with van der Waals surface area (Å²) in [5.74, 6) is 1.59. The van der Waals surface area contributed by atoms with E-state index < -0.39 is 0 Å². The average Bonchev–Trinajstić information content (AvgIpc) is 2.67. The van der Waals surface area contributed by atoms with Crippen LogP contribution in [-0.4, -0.2) is 33.0 Å². The van der Waals surface area contributed by atoms with Gasteiger partial charge in [0, 0.05) is 13.1 Å². The molecule has 2 N–H and O–H groups in total. The van der Waals surface area contributed by atoms with Gasteiger partial charge >= 0.3 is 0 Å². The van der Waals surface area contributed by atoms with E-state index in [-0.39, 0.29) is 0 Å². The zero-order valence-electron chi connectivity index (χ0n) is 13.7. The van der Waals surface area contributed by atoms with Crippen LogP contribution in [0.1, 0.15) is 6.42 Å². The van der Waals surface area contributed by atoms with Gasteiger partial charge in [-0.1, -0.05) is 24.3 Å². The molecule has 0 bridgehead atoms. The zero-order valence-corrected chi connectivity index (χ0v) is 13.7. The first-order chi connectivity index (χ1) is 12.4. The Labute approximate surface area is 145 Å². The second-order valence-corrected chi connectivity index (χ2v) is 5.70. The molecule has 2 heterocycles. The van der Waals surface area contributed by atoms with Crippen LogP contribution in [0.5, 0.6) is 0 Å². The van der Waals surface area contributed by atoms with Crippen LogP contribution in [0.3, 0.4) is 0 Å². The van der Waals surface area contributed by atoms with Crippen molar-refractivity contribution < 1.29 is 0 Å². The largest absolute Gasteiger partial charge is 0.369 e. The van der Waals surface area contributed by atoms with Crippen molar-refractivity contribution in [1.82, 2.24) is 19.9 Å². The molecule has 0 aliphatic heterocycles. The lowest BCUT2D eigenvalue weighted by Gasteiger charge is -2.08. The van der Waals surface area contributed by atoms with Gasteiger partial charge < -0.3 is 10.6 Å². The minimum absolute atomic E-state index is 0.796. The molecule has 0 aliphatic carbocycles. The van der Waals surface area contributed by atoms with Crippen molar-refractivity contribution in [2.75, 3.05) is 23.7 Å². The van der Waals surface area contributed by atoms with Crippen LogP contribution >= 0.6 is 0 Å². The number of benzene rings is 2. The lowest BCUT2D eigenvalue weighted by Crippen LogP contribution is -2.11. The molecule has 0 spiro atoms. The van der Waals surface area contributed by atoms with Gasteiger partial charge in [0.25, 0.3) is 0 Å². The number of rotatable bonds is 6. The fraction of sp³-hybridized carbons (Fsp3) is 0.158. The fourth-order valence-corrected chi connectivity index (χ4v) is 2.61. The Morgan fingerprint density at radius 3 is 1.52 bits per heavy atom. The quantitative estimate of drug-likeness (QED) is 0.527. The first-order valence-corrected chi connectivity index (χ1v) is 8.30. The van der Waals surface area contributed by atoms with Gasteiger partial charge in [0.1, 0.15) is 11.6 Å². The third kappa shape index (κ3) is 3.63. The molecule has 25 heavy (non-hydrogen) atoms. The zero-order chi connectivity index (χ0) is 16.9. The highest BCUT2D eigenvalue weighted by Gasteiger charge is 2.00. The maximum Gasteiger partial charge on any atom is 0.145 e. The van der Waals surface area contributed by atoms with Gasteiger partial charge in [-0.2, -0.15) is 0 Å². The van der Waals surface area contributed by atoms with Crippen LogP contribution in [-0.2, 0) is 0 Å². The van der Waals surface area contributed by atoms with Crippen LogP contribution < -0.4 is 10.6 Å². The molecule has 0 saturated carbocycles. The molecule has 0 amide bonds. The maximum absolute atomic E-state index is 4.55. The van der Waals surface area contributed by atoms with Crippen molar-refractivity contribution >= 4 is 33.7 Å². The Bertz CT molecular complexity index is 920. The van der Waals surface area contributed by atoms with Gasteiger partial charge in [0.2, 0.25) is 0 Å². The minimum Gasteiger partial charge on any atom is -0.369 e. The number of anilines is 2. The predicted molar refractivity (Wildman–Crippen MR) is 101 cm³/mol. The summed E-state index contributed by atoms with van der Waals surface area (Å²) in [4.78, 5) is 17.9. The predicted octanol–water partition coefficient (Wildman–Crippen LogP) is 3.49. The molecule has 2 aromatic carbocycles. The topological polar surface area (TPSA) is 75.6 Å². The fourth-order valence-electron chi connectivity index (χ4n) is 2.61. The van der Waals surface area contributed by atoms with E-state index in [1.165, 1.54) is 0 Å². The van der Waals surface area contributed by atoms with Crippen LogP contribution in [0.2, 0.25) is 0 Å². The van der Waals surface area contributed by atoms with Crippen LogP contribution in [0.15, 0.2) is 60.9 Å². The van der Waals surface area contributed by atoms with E-state index in [1.807, 2.05) is 48.5 Å². The van der Waals surface area contributed by atoms with E-state index in [4.69, 9.17) is 0 Å². The number of aromatic nitrogens is 4. The highest BCUT2D eigenvalue weighted by Crippen LogP contribution is 2.12. The number of hydrogen-bond acceptors (Lipinski definition) is 6. The van der Waals surface area contributed by atoms with Crippen molar-refractivity contribution in [2.45, 2.75) is 6.42 Å². The van der Waals surface area contributed by atoms with Crippen LogP contribution in [0, 0.1) is 0 Å². The Hall–Kier alpha value is -3.28. The highest BCUT2D eigenvalue weighted by atomic mass is 15.0. The third-order valence-corrected chi connectivity index (χ3v) is 3.86. The number of hydrogen-bond donors (Lipinski definition) is 2. The lowest BCUT2D eigenvalue weighted by atomic mass is 10.3. The van der Waals surface area contributed by atoms with Gasteiger partial charge in [-0.25, -0.2) is 9.97 Å². The molecule has 4 aromatic rings. The summed E-state index contributed by atoms with van der Waals surface area (Å²) >= 11 is 0. The van der Waals surface area contributed by atoms with E-state index >= 15 is 0 Å². The number of para-hydroxylation sites is 4. The molecule has 0 saturated heterocycles. The number of fused-ring (bicyclic) bond motifs is 2. The van der Waals surface area contributed by atoms with E-state index in [0.29, 0.717) is 0 Å². The molecule has 6 heteroatoms. The van der Waals surface area contributed by atoms with Crippen LogP contribution in [0.25, 0.3) is 22.1 Å². The molecule has 0 fully saturated rings. The van der Waals surface area contributed by atoms with Gasteiger partial charge in [0.05, 0.1) is 34.5 Å².